The van der Waals surface area contributed by atoms with Crippen molar-refractivity contribution >= 4 is 11.7 Å². The van der Waals surface area contributed by atoms with Gasteiger partial charge in [-0.05, 0) is 50.7 Å². The molecule has 1 aromatic rings. The average molecular weight is 390 g/mol. The van der Waals surface area contributed by atoms with Gasteiger partial charge < -0.3 is 9.90 Å². The summed E-state index contributed by atoms with van der Waals surface area (Å²) in [6.07, 6.45) is 16.8. The minimum Gasteiger partial charge on any atom is -0.550 e. The number of rotatable bonds is 11. The third-order valence-electron chi connectivity index (χ3n) is 6.14. The molecule has 0 unspecified atom stereocenters. The molecule has 0 atom stereocenters. The van der Waals surface area contributed by atoms with E-state index in [-0.39, 0.29) is 6.42 Å². The lowest BCUT2D eigenvalue weighted by Crippen LogP contribution is -2.50. The molecule has 0 amide bonds. The number of nitrogens with zero attached hydrogens (tertiary/aromatic N) is 1. The minimum absolute atomic E-state index is 0.231. The lowest BCUT2D eigenvalue weighted by atomic mass is 9.92. The van der Waals surface area contributed by atoms with Crippen molar-refractivity contribution in [2.24, 2.45) is 0 Å². The van der Waals surface area contributed by atoms with Crippen molar-refractivity contribution < 1.29 is 9.90 Å². The molecule has 0 aliphatic heterocycles. The summed E-state index contributed by atoms with van der Waals surface area (Å²) in [6.45, 7) is 2.21. The molecule has 0 spiro atoms. The number of carboxylic acids is 1. The first kappa shape index (κ1) is 24.7. The maximum absolute atomic E-state index is 10.1. The fourth-order valence-corrected chi connectivity index (χ4v) is 4.15. The lowest BCUT2D eigenvalue weighted by Gasteiger charge is -2.39. The Hall–Kier alpha value is -1.35. The summed E-state index contributed by atoms with van der Waals surface area (Å²) in [6, 6.07) is 11.7. The van der Waals surface area contributed by atoms with Crippen molar-refractivity contribution in [1.82, 2.24) is 4.48 Å². The summed E-state index contributed by atoms with van der Waals surface area (Å²) in [7, 11) is 4.70. The van der Waals surface area contributed by atoms with Gasteiger partial charge >= 0.3 is 0 Å². The third-order valence-corrected chi connectivity index (χ3v) is 6.14. The Morgan fingerprint density at radius 1 is 0.893 bits per heavy atom. The summed E-state index contributed by atoms with van der Waals surface area (Å²) in [5.74, 6) is -0.911. The Morgan fingerprint density at radius 2 is 1.43 bits per heavy atom. The standard InChI is InChI=1S/C14H22N.C11H22O2/c1-15(2,13-9-5-3-6-10-13)14-11-7-4-8-12-14;1-2-3-4-5-6-7-8-9-10-11(12)13/h3,5-6,9-10,14H,4,7-8,11-12H2,1-2H3;2-10H2,1H3,(H,12,13)/q+1;/p-1. The van der Waals surface area contributed by atoms with Gasteiger partial charge in [-0.2, -0.15) is 0 Å². The Labute approximate surface area is 173 Å². The molecule has 2 rings (SSSR count). The second-order valence-corrected chi connectivity index (χ2v) is 8.76. The van der Waals surface area contributed by atoms with Gasteiger partial charge in [0, 0.05) is 5.97 Å². The second-order valence-electron chi connectivity index (χ2n) is 8.76. The SMILES string of the molecule is CCCCCCCCCCC(=O)[O-].C[N+](C)(c1ccccc1)C1CCCCC1. The highest BCUT2D eigenvalue weighted by molar-refractivity contribution is 5.64. The van der Waals surface area contributed by atoms with E-state index in [9.17, 15) is 9.90 Å². The van der Waals surface area contributed by atoms with Gasteiger partial charge in [0.1, 0.15) is 5.69 Å². The largest absolute Gasteiger partial charge is 0.550 e. The maximum atomic E-state index is 10.1. The molecule has 1 aliphatic carbocycles. The fraction of sp³-hybridized carbons (Fsp3) is 0.720. The predicted octanol–water partition coefficient (Wildman–Crippen LogP) is 5.85. The number of unbranched alkanes of at least 4 members (excludes halogenated alkanes) is 7. The summed E-state index contributed by atoms with van der Waals surface area (Å²) in [5.41, 5.74) is 1.45. The van der Waals surface area contributed by atoms with Crippen molar-refractivity contribution in [3.63, 3.8) is 0 Å². The van der Waals surface area contributed by atoms with Crippen LogP contribution in [0.3, 0.4) is 0 Å². The van der Waals surface area contributed by atoms with Crippen LogP contribution in [0.1, 0.15) is 96.8 Å². The number of carbonyl (C=O) groups excluding carboxylic acids is 1. The number of hydrogen-bond donors (Lipinski definition) is 0. The topological polar surface area (TPSA) is 40.1 Å². The number of aliphatic carboxylic acids is 1. The van der Waals surface area contributed by atoms with Crippen LogP contribution >= 0.6 is 0 Å². The molecule has 3 heteroatoms. The van der Waals surface area contributed by atoms with Crippen LogP contribution < -0.4 is 9.59 Å². The van der Waals surface area contributed by atoms with Gasteiger partial charge in [-0.1, -0.05) is 76.5 Å². The molecule has 1 aromatic carbocycles. The molecule has 28 heavy (non-hydrogen) atoms. The molecular formula is C25H43NO2. The van der Waals surface area contributed by atoms with Gasteiger partial charge in [0.2, 0.25) is 0 Å². The molecule has 0 N–H and O–H groups in total. The average Bonchev–Trinajstić information content (AvgIpc) is 2.71. The third kappa shape index (κ3) is 10.3. The van der Waals surface area contributed by atoms with Crippen LogP contribution in [0.4, 0.5) is 5.69 Å². The summed E-state index contributed by atoms with van der Waals surface area (Å²) >= 11 is 0. The highest BCUT2D eigenvalue weighted by atomic mass is 16.4. The quantitative estimate of drug-likeness (QED) is 0.351. The maximum Gasteiger partial charge on any atom is 0.132 e. The molecule has 3 nitrogen and oxygen atoms in total. The molecule has 1 saturated carbocycles. The van der Waals surface area contributed by atoms with Crippen LogP contribution in [0.25, 0.3) is 0 Å². The monoisotopic (exact) mass is 389 g/mol. The predicted molar refractivity (Wildman–Crippen MR) is 119 cm³/mol. The zero-order chi connectivity index (χ0) is 20.7. The van der Waals surface area contributed by atoms with Crippen molar-refractivity contribution in [2.75, 3.05) is 14.1 Å². The van der Waals surface area contributed by atoms with Gasteiger partial charge in [0.25, 0.3) is 0 Å². The number of quaternary nitrogens is 1. The molecule has 160 valence electrons. The van der Waals surface area contributed by atoms with Gasteiger partial charge in [-0.3, -0.25) is 4.48 Å². The van der Waals surface area contributed by atoms with Crippen LogP contribution in [0.5, 0.6) is 0 Å². The molecule has 1 fully saturated rings. The first-order valence-corrected chi connectivity index (χ1v) is 11.6. The first-order valence-electron chi connectivity index (χ1n) is 11.6. The molecule has 1 aliphatic rings. The van der Waals surface area contributed by atoms with Gasteiger partial charge in [0.15, 0.2) is 0 Å². The Bertz CT molecular complexity index is 507. The van der Waals surface area contributed by atoms with E-state index >= 15 is 0 Å². The number of carboxylic acid groups (broad SMARTS) is 1. The molecule has 0 bridgehead atoms. The van der Waals surface area contributed by atoms with E-state index in [0.717, 1.165) is 23.4 Å². The van der Waals surface area contributed by atoms with Gasteiger partial charge in [-0.15, -0.1) is 0 Å². The van der Waals surface area contributed by atoms with Crippen molar-refractivity contribution in [1.29, 1.82) is 0 Å². The van der Waals surface area contributed by atoms with E-state index in [2.05, 4.69) is 51.4 Å². The van der Waals surface area contributed by atoms with Crippen molar-refractivity contribution in [3.8, 4) is 0 Å². The van der Waals surface area contributed by atoms with Crippen LogP contribution in [-0.2, 0) is 4.79 Å². The zero-order valence-corrected chi connectivity index (χ0v) is 18.6. The van der Waals surface area contributed by atoms with E-state index in [0.29, 0.717) is 0 Å². The molecule has 0 aromatic heterocycles. The highest BCUT2D eigenvalue weighted by Crippen LogP contribution is 2.30. The van der Waals surface area contributed by atoms with Crippen LogP contribution in [0.15, 0.2) is 30.3 Å². The van der Waals surface area contributed by atoms with Crippen LogP contribution in [-0.4, -0.2) is 26.1 Å². The fourth-order valence-electron chi connectivity index (χ4n) is 4.15. The lowest BCUT2D eigenvalue weighted by molar-refractivity contribution is -0.305. The van der Waals surface area contributed by atoms with E-state index < -0.39 is 5.97 Å². The molecule has 0 heterocycles. The first-order chi connectivity index (χ1) is 13.5. The summed E-state index contributed by atoms with van der Waals surface area (Å²) < 4.78 is 1.06. The van der Waals surface area contributed by atoms with E-state index in [1.807, 2.05) is 0 Å². The Balaban J connectivity index is 0.000000284. The summed E-state index contributed by atoms with van der Waals surface area (Å²) in [5, 5.41) is 10.1. The van der Waals surface area contributed by atoms with Crippen LogP contribution in [0, 0.1) is 0 Å². The van der Waals surface area contributed by atoms with Gasteiger partial charge in [0.05, 0.1) is 20.1 Å². The minimum atomic E-state index is -0.911. The number of carbonyl (C=O) groups is 1. The highest BCUT2D eigenvalue weighted by Gasteiger charge is 2.31. The van der Waals surface area contributed by atoms with Gasteiger partial charge in [-0.25, -0.2) is 0 Å². The normalized spacial score (nSPS) is 15.0. The molecule has 0 saturated heterocycles. The Morgan fingerprint density at radius 3 is 1.96 bits per heavy atom. The van der Waals surface area contributed by atoms with E-state index in [4.69, 9.17) is 0 Å². The zero-order valence-electron chi connectivity index (χ0n) is 18.6. The van der Waals surface area contributed by atoms with E-state index in [1.165, 1.54) is 76.3 Å². The molecular weight excluding hydrogens is 346 g/mol. The second kappa shape index (κ2) is 14.6. The number of para-hydroxylation sites is 1. The number of benzene rings is 1. The molecule has 0 radical (unpaired) electrons. The van der Waals surface area contributed by atoms with Crippen molar-refractivity contribution in [2.45, 2.75) is 103 Å². The van der Waals surface area contributed by atoms with Crippen molar-refractivity contribution in [3.05, 3.63) is 30.3 Å². The summed E-state index contributed by atoms with van der Waals surface area (Å²) in [4.78, 5) is 10.1. The van der Waals surface area contributed by atoms with Crippen LogP contribution in [0.2, 0.25) is 0 Å². The Kier molecular flexibility index (Phi) is 12.9. The number of hydrogen-bond acceptors (Lipinski definition) is 2. The van der Waals surface area contributed by atoms with E-state index in [1.54, 1.807) is 0 Å². The smallest absolute Gasteiger partial charge is 0.132 e.